The monoisotopic (exact) mass is 563 g/mol. The number of pyridine rings is 1. The maximum absolute atomic E-state index is 14.3. The predicted octanol–water partition coefficient (Wildman–Crippen LogP) is 5.02. The maximum atomic E-state index is 14.3. The lowest BCUT2D eigenvalue weighted by Crippen LogP contribution is -2.36. The zero-order chi connectivity index (χ0) is 28.4. The van der Waals surface area contributed by atoms with E-state index in [0.29, 0.717) is 16.9 Å². The Kier molecular flexibility index (Phi) is 8.06. The summed E-state index contributed by atoms with van der Waals surface area (Å²) in [5.41, 5.74) is -1.84. The van der Waals surface area contributed by atoms with Gasteiger partial charge in [0, 0.05) is 21.2 Å². The molecule has 0 saturated heterocycles. The molecule has 10 nitrogen and oxygen atoms in total. The van der Waals surface area contributed by atoms with Crippen molar-refractivity contribution in [2.45, 2.75) is 51.2 Å². The predicted molar refractivity (Wildman–Crippen MR) is 139 cm³/mol. The highest BCUT2D eigenvalue weighted by atomic mass is 28.3. The molecule has 14 heteroatoms. The second-order valence-corrected chi connectivity index (χ2v) is 16.0. The van der Waals surface area contributed by atoms with Gasteiger partial charge in [-0.25, -0.2) is 4.68 Å². The number of hydrogen-bond donors (Lipinski definition) is 0. The third-order valence-corrected chi connectivity index (χ3v) is 7.98. The topological polar surface area (TPSA) is 113 Å². The van der Waals surface area contributed by atoms with Gasteiger partial charge in [-0.3, -0.25) is 19.9 Å². The molecule has 1 aliphatic heterocycles. The average molecular weight is 564 g/mol. The Bertz CT molecular complexity index is 1410. The van der Waals surface area contributed by atoms with Crippen LogP contribution in [0.25, 0.3) is 0 Å². The van der Waals surface area contributed by atoms with Gasteiger partial charge < -0.3 is 14.4 Å². The highest BCUT2D eigenvalue weighted by molar-refractivity contribution is 6.76. The van der Waals surface area contributed by atoms with E-state index in [2.05, 4.69) is 29.7 Å². The van der Waals surface area contributed by atoms with Crippen molar-refractivity contribution in [3.8, 4) is 5.75 Å². The van der Waals surface area contributed by atoms with Gasteiger partial charge in [-0.1, -0.05) is 43.9 Å². The number of nitrogens with zero attached hydrogens (tertiary/aromatic N) is 5. The number of halogens is 3. The maximum Gasteiger partial charge on any atom is 0.423 e. The summed E-state index contributed by atoms with van der Waals surface area (Å²) in [4.78, 5) is 28.7. The van der Waals surface area contributed by atoms with Gasteiger partial charge in [-0.05, 0) is 17.2 Å². The van der Waals surface area contributed by atoms with Gasteiger partial charge in [0.2, 0.25) is 0 Å². The third-order valence-electron chi connectivity index (χ3n) is 6.28. The van der Waals surface area contributed by atoms with Crippen LogP contribution in [-0.4, -0.2) is 41.0 Å². The molecule has 0 bridgehead atoms. The lowest BCUT2D eigenvalue weighted by molar-refractivity contribution is -0.385. The van der Waals surface area contributed by atoms with Crippen LogP contribution in [0.5, 0.6) is 5.75 Å². The first-order valence-corrected chi connectivity index (χ1v) is 15.9. The summed E-state index contributed by atoms with van der Waals surface area (Å²) in [5.74, 6) is 0.0913. The molecule has 208 valence electrons. The molecule has 0 aliphatic carbocycles. The van der Waals surface area contributed by atoms with Crippen LogP contribution in [0.15, 0.2) is 53.7 Å². The van der Waals surface area contributed by atoms with Crippen LogP contribution in [0, 0.1) is 10.1 Å². The standard InChI is InChI=1S/C25H28F3N5O5Si/c1-39(2,3)9-8-37-16-32-24(34)23(25(26,27)28)21(13-30-32)31-14-17-6-4-5-7-20(17)22(31)15-38-19-10-18(33(35)36)11-29-12-19/h4-7,10-13,22H,8-9,14-16H2,1-3H3. The van der Waals surface area contributed by atoms with Crippen LogP contribution in [0.4, 0.5) is 24.5 Å². The minimum absolute atomic E-state index is 0.0817. The molecule has 0 fully saturated rings. The van der Waals surface area contributed by atoms with Gasteiger partial charge >= 0.3 is 6.18 Å². The van der Waals surface area contributed by atoms with Gasteiger partial charge in [-0.2, -0.15) is 18.3 Å². The fourth-order valence-corrected chi connectivity index (χ4v) is 5.00. The molecule has 1 aliphatic rings. The van der Waals surface area contributed by atoms with E-state index in [9.17, 15) is 28.1 Å². The van der Waals surface area contributed by atoms with Crippen molar-refractivity contribution in [2.75, 3.05) is 18.1 Å². The highest BCUT2D eigenvalue weighted by Gasteiger charge is 2.42. The first-order valence-electron chi connectivity index (χ1n) is 12.2. The molecule has 3 heterocycles. The summed E-state index contributed by atoms with van der Waals surface area (Å²) < 4.78 is 54.8. The van der Waals surface area contributed by atoms with Crippen molar-refractivity contribution in [1.82, 2.24) is 14.8 Å². The third kappa shape index (κ3) is 6.62. The molecular weight excluding hydrogens is 535 g/mol. The minimum atomic E-state index is -4.96. The lowest BCUT2D eigenvalue weighted by atomic mass is 10.1. The second kappa shape index (κ2) is 11.1. The van der Waals surface area contributed by atoms with E-state index in [1.807, 2.05) is 0 Å². The Morgan fingerprint density at radius 3 is 2.62 bits per heavy atom. The first-order chi connectivity index (χ1) is 18.3. The van der Waals surface area contributed by atoms with Gasteiger partial charge in [-0.15, -0.1) is 0 Å². The molecule has 2 aromatic heterocycles. The molecule has 1 unspecified atom stereocenters. The highest BCUT2D eigenvalue weighted by Crippen LogP contribution is 2.42. The molecule has 4 rings (SSSR count). The lowest BCUT2D eigenvalue weighted by Gasteiger charge is -2.29. The van der Waals surface area contributed by atoms with E-state index in [1.165, 1.54) is 17.2 Å². The summed E-state index contributed by atoms with van der Waals surface area (Å²) in [7, 11) is -1.43. The fourth-order valence-electron chi connectivity index (χ4n) is 4.24. The van der Waals surface area contributed by atoms with Crippen LogP contribution in [0.1, 0.15) is 22.7 Å². The zero-order valence-electron chi connectivity index (χ0n) is 21.6. The van der Waals surface area contributed by atoms with E-state index >= 15 is 0 Å². The molecule has 0 N–H and O–H groups in total. The van der Waals surface area contributed by atoms with Gasteiger partial charge in [0.05, 0.1) is 35.1 Å². The van der Waals surface area contributed by atoms with Crippen molar-refractivity contribution >= 4 is 19.4 Å². The summed E-state index contributed by atoms with van der Waals surface area (Å²) in [5, 5.41) is 15.1. The van der Waals surface area contributed by atoms with Crippen LogP contribution in [-0.2, 0) is 24.2 Å². The number of rotatable bonds is 10. The van der Waals surface area contributed by atoms with Crippen molar-refractivity contribution in [1.29, 1.82) is 0 Å². The Balaban J connectivity index is 1.65. The Morgan fingerprint density at radius 1 is 1.18 bits per heavy atom. The fraction of sp³-hybridized carbons (Fsp3) is 0.400. The molecule has 1 atom stereocenters. The number of nitro groups is 1. The van der Waals surface area contributed by atoms with Crippen LogP contribution in [0.3, 0.4) is 0 Å². The summed E-state index contributed by atoms with van der Waals surface area (Å²) in [6, 6.07) is 8.32. The van der Waals surface area contributed by atoms with E-state index in [-0.39, 0.29) is 37.0 Å². The van der Waals surface area contributed by atoms with E-state index in [4.69, 9.17) is 9.47 Å². The summed E-state index contributed by atoms with van der Waals surface area (Å²) >= 11 is 0. The summed E-state index contributed by atoms with van der Waals surface area (Å²) in [6.45, 7) is 6.28. The van der Waals surface area contributed by atoms with Crippen LogP contribution >= 0.6 is 0 Å². The molecule has 0 amide bonds. The van der Waals surface area contributed by atoms with Gasteiger partial charge in [0.1, 0.15) is 30.8 Å². The van der Waals surface area contributed by atoms with E-state index < -0.39 is 36.3 Å². The van der Waals surface area contributed by atoms with Crippen molar-refractivity contribution in [3.05, 3.63) is 86.1 Å². The minimum Gasteiger partial charge on any atom is -0.489 e. The number of anilines is 1. The Labute approximate surface area is 223 Å². The number of fused-ring (bicyclic) bond motifs is 1. The van der Waals surface area contributed by atoms with Crippen molar-refractivity contribution in [2.24, 2.45) is 0 Å². The van der Waals surface area contributed by atoms with Gasteiger partial charge in [0.25, 0.3) is 11.2 Å². The zero-order valence-corrected chi connectivity index (χ0v) is 22.6. The molecule has 0 spiro atoms. The number of benzene rings is 1. The molecule has 1 aromatic carbocycles. The molecule has 3 aromatic rings. The number of aromatic nitrogens is 3. The second-order valence-electron chi connectivity index (χ2n) is 10.3. The van der Waals surface area contributed by atoms with Gasteiger partial charge in [0.15, 0.2) is 0 Å². The van der Waals surface area contributed by atoms with Crippen molar-refractivity contribution in [3.63, 3.8) is 0 Å². The average Bonchev–Trinajstić information content (AvgIpc) is 3.23. The normalized spacial score (nSPS) is 15.3. The molecule has 0 radical (unpaired) electrons. The van der Waals surface area contributed by atoms with E-state index in [0.717, 1.165) is 24.0 Å². The SMILES string of the molecule is C[Si](C)(C)CCOCn1ncc(N2Cc3ccccc3C2COc2cncc([N+](=O)[O-])c2)c(C(F)(F)F)c1=O. The molecular formula is C25H28F3N5O5Si. The summed E-state index contributed by atoms with van der Waals surface area (Å²) in [6.07, 6.45) is -1.58. The largest absolute Gasteiger partial charge is 0.489 e. The van der Waals surface area contributed by atoms with Crippen LogP contribution < -0.4 is 15.2 Å². The van der Waals surface area contributed by atoms with Crippen molar-refractivity contribution < 1.29 is 27.6 Å². The molecule has 0 saturated carbocycles. The number of hydrogen-bond acceptors (Lipinski definition) is 8. The Hall–Kier alpha value is -3.78. The number of alkyl halides is 3. The smallest absolute Gasteiger partial charge is 0.423 e. The molecule has 39 heavy (non-hydrogen) atoms. The Morgan fingerprint density at radius 2 is 1.92 bits per heavy atom. The van der Waals surface area contributed by atoms with E-state index in [1.54, 1.807) is 24.3 Å². The number of ether oxygens (including phenoxy) is 2. The first kappa shape index (κ1) is 28.2. The quantitative estimate of drug-likeness (QED) is 0.146. The van der Waals surface area contributed by atoms with Crippen LogP contribution in [0.2, 0.25) is 25.7 Å².